The number of aliphatic hydroxyl groups is 1. The first-order valence-corrected chi connectivity index (χ1v) is 19.2. The van der Waals surface area contributed by atoms with Crippen LogP contribution in [-0.4, -0.2) is 16.1 Å². The second-order valence-electron chi connectivity index (χ2n) is 11.3. The minimum absolute atomic E-state index is 0. The van der Waals surface area contributed by atoms with E-state index in [4.69, 9.17) is 5.26 Å². The number of carbonyl (C=O) groups excluding carboxylic acids is 1. The number of rotatable bonds is 9. The average molecular weight is 902 g/mol. The molecule has 0 radical (unpaired) electrons. The fraction of sp³-hybridized carbons (Fsp3) is 0.0444. The van der Waals surface area contributed by atoms with Crippen molar-refractivity contribution in [3.8, 4) is 0 Å². The molecule has 1 unspecified atom stereocenters. The Labute approximate surface area is 323 Å². The van der Waals surface area contributed by atoms with E-state index in [0.29, 0.717) is 0 Å². The fourth-order valence-electron chi connectivity index (χ4n) is 5.34. The molecule has 0 saturated heterocycles. The molecule has 7 rings (SSSR count). The Bertz CT molecular complexity index is 1700. The molecule has 0 saturated carbocycles. The van der Waals surface area contributed by atoms with Crippen molar-refractivity contribution in [3.63, 3.8) is 0 Å². The van der Waals surface area contributed by atoms with Crippen LogP contribution in [0.1, 0.15) is 12.5 Å². The summed E-state index contributed by atoms with van der Waals surface area (Å²) in [4.78, 5) is 14.8. The van der Waals surface area contributed by atoms with Crippen molar-refractivity contribution < 1.29 is 41.1 Å². The molecule has 7 aromatic rings. The van der Waals surface area contributed by atoms with E-state index >= 15 is 0 Å². The Morgan fingerprint density at radius 1 is 0.423 bits per heavy atom. The molecule has 0 aliphatic carbocycles. The Morgan fingerprint density at radius 3 is 0.788 bits per heavy atom. The van der Waals surface area contributed by atoms with Gasteiger partial charge in [0.1, 0.15) is 0 Å². The average Bonchev–Trinajstić information content (AvgIpc) is 3.21. The SMILES string of the molecule is CC(=O)C(O)(OO)c1ccccc1.[Pt].c1ccc(P(c2ccccc2)c2ccccc2)cc1.c1ccc(P(c2ccccc2)c2ccccc2)cc1. The van der Waals surface area contributed by atoms with Crippen molar-refractivity contribution >= 4 is 53.5 Å². The van der Waals surface area contributed by atoms with E-state index in [1.807, 2.05) is 0 Å². The monoisotopic (exact) mass is 901 g/mol. The molecule has 7 heteroatoms. The van der Waals surface area contributed by atoms with Crippen molar-refractivity contribution in [2.24, 2.45) is 0 Å². The maximum absolute atomic E-state index is 11.0. The van der Waals surface area contributed by atoms with Crippen LogP contribution in [0.25, 0.3) is 0 Å². The number of hydrogen-bond donors (Lipinski definition) is 2. The molecule has 0 aliphatic heterocycles. The molecule has 264 valence electrons. The van der Waals surface area contributed by atoms with Crippen molar-refractivity contribution in [2.75, 3.05) is 0 Å². The molecule has 7 aromatic carbocycles. The molecule has 0 heterocycles. The predicted octanol–water partition coefficient (Wildman–Crippen LogP) is 7.80. The van der Waals surface area contributed by atoms with Gasteiger partial charge in [0, 0.05) is 33.6 Å². The first-order chi connectivity index (χ1) is 25.0. The molecule has 0 amide bonds. The summed E-state index contributed by atoms with van der Waals surface area (Å²) in [5.74, 6) is -2.93. The Hall–Kier alpha value is -4.36. The van der Waals surface area contributed by atoms with E-state index in [1.54, 1.807) is 18.2 Å². The number of carbonyl (C=O) groups is 1. The van der Waals surface area contributed by atoms with Crippen LogP contribution in [0.4, 0.5) is 0 Å². The second-order valence-corrected chi connectivity index (χ2v) is 15.8. The van der Waals surface area contributed by atoms with Crippen LogP contribution in [0.15, 0.2) is 212 Å². The van der Waals surface area contributed by atoms with Crippen LogP contribution in [0, 0.1) is 0 Å². The largest absolute Gasteiger partial charge is 0.354 e. The smallest absolute Gasteiger partial charge is 0.284 e. The Morgan fingerprint density at radius 2 is 0.615 bits per heavy atom. The normalized spacial score (nSPS) is 11.5. The molecule has 0 aliphatic rings. The van der Waals surface area contributed by atoms with Crippen molar-refractivity contribution in [3.05, 3.63) is 218 Å². The van der Waals surface area contributed by atoms with E-state index in [9.17, 15) is 9.90 Å². The molecule has 4 nitrogen and oxygen atoms in total. The van der Waals surface area contributed by atoms with E-state index in [0.717, 1.165) is 6.92 Å². The van der Waals surface area contributed by atoms with Gasteiger partial charge in [-0.1, -0.05) is 212 Å². The van der Waals surface area contributed by atoms with Gasteiger partial charge in [-0.2, -0.15) is 4.89 Å². The molecular formula is C45H40O4P2Pt. The Balaban J connectivity index is 0.000000177. The van der Waals surface area contributed by atoms with Gasteiger partial charge in [-0.3, -0.25) is 4.79 Å². The quantitative estimate of drug-likeness (QED) is 0.0673. The molecule has 52 heavy (non-hydrogen) atoms. The van der Waals surface area contributed by atoms with Gasteiger partial charge in [-0.25, -0.2) is 5.26 Å². The van der Waals surface area contributed by atoms with Gasteiger partial charge < -0.3 is 5.11 Å². The summed E-state index contributed by atoms with van der Waals surface area (Å²) in [5.41, 5.74) is 0.199. The molecule has 2 N–H and O–H groups in total. The molecule has 0 fully saturated rings. The summed E-state index contributed by atoms with van der Waals surface area (Å²) >= 11 is 0. The van der Waals surface area contributed by atoms with Crippen molar-refractivity contribution in [2.45, 2.75) is 12.7 Å². The third-order valence-electron chi connectivity index (χ3n) is 7.86. The maximum Gasteiger partial charge on any atom is 0.284 e. The van der Waals surface area contributed by atoms with Crippen LogP contribution >= 0.6 is 15.8 Å². The van der Waals surface area contributed by atoms with E-state index < -0.39 is 27.4 Å². The van der Waals surface area contributed by atoms with E-state index in [-0.39, 0.29) is 26.6 Å². The third kappa shape index (κ3) is 11.1. The summed E-state index contributed by atoms with van der Waals surface area (Å²) < 4.78 is 0. The van der Waals surface area contributed by atoms with Gasteiger partial charge in [0.25, 0.3) is 5.79 Å². The second kappa shape index (κ2) is 21.2. The van der Waals surface area contributed by atoms with Gasteiger partial charge >= 0.3 is 0 Å². The number of benzene rings is 7. The third-order valence-corrected chi connectivity index (χ3v) is 12.7. The van der Waals surface area contributed by atoms with Crippen LogP contribution < -0.4 is 31.8 Å². The van der Waals surface area contributed by atoms with Gasteiger partial charge in [-0.15, -0.1) is 0 Å². The molecular weight excluding hydrogens is 862 g/mol. The first kappa shape index (κ1) is 40.4. The summed E-state index contributed by atoms with van der Waals surface area (Å²) in [6, 6.07) is 72.6. The predicted molar refractivity (Wildman–Crippen MR) is 215 cm³/mol. The van der Waals surface area contributed by atoms with E-state index in [2.05, 4.69) is 187 Å². The number of Topliss-reactive ketones (excluding diaryl/α,β-unsaturated/α-hetero) is 1. The van der Waals surface area contributed by atoms with Gasteiger partial charge in [0.05, 0.1) is 0 Å². The van der Waals surface area contributed by atoms with Gasteiger partial charge in [0.15, 0.2) is 5.78 Å². The number of hydrogen-bond acceptors (Lipinski definition) is 4. The van der Waals surface area contributed by atoms with Crippen molar-refractivity contribution in [1.82, 2.24) is 0 Å². The fourth-order valence-corrected chi connectivity index (χ4v) is 9.95. The molecule has 0 spiro atoms. The zero-order valence-corrected chi connectivity index (χ0v) is 32.7. The summed E-state index contributed by atoms with van der Waals surface area (Å²) in [6.07, 6.45) is 0. The minimum Gasteiger partial charge on any atom is -0.354 e. The van der Waals surface area contributed by atoms with Crippen molar-refractivity contribution in [1.29, 1.82) is 0 Å². The topological polar surface area (TPSA) is 66.8 Å². The first-order valence-electron chi connectivity index (χ1n) is 16.5. The summed E-state index contributed by atoms with van der Waals surface area (Å²) in [7, 11) is -0.892. The van der Waals surface area contributed by atoms with Crippen LogP contribution in [0.3, 0.4) is 0 Å². The molecule has 0 aromatic heterocycles. The maximum atomic E-state index is 11.0. The Kier molecular flexibility index (Phi) is 16.5. The summed E-state index contributed by atoms with van der Waals surface area (Å²) in [6.45, 7) is 1.13. The minimum atomic E-state index is -2.25. The van der Waals surface area contributed by atoms with Gasteiger partial charge in [0.2, 0.25) is 0 Å². The van der Waals surface area contributed by atoms with Gasteiger partial charge in [-0.05, 0) is 47.7 Å². The molecule has 0 bridgehead atoms. The van der Waals surface area contributed by atoms with Crippen LogP contribution in [-0.2, 0) is 36.5 Å². The zero-order valence-electron chi connectivity index (χ0n) is 28.6. The number of ketones is 1. The van der Waals surface area contributed by atoms with Crippen LogP contribution in [0.5, 0.6) is 0 Å². The van der Waals surface area contributed by atoms with E-state index in [1.165, 1.54) is 44.0 Å². The standard InChI is InChI=1S/2C18H15P.C9H10O4.Pt/c2*1-4-10-16(11-5-1)19(17-12-6-2-7-13-17)18-14-8-3-9-15-18;1-7(10)9(11,13-12)8-5-3-2-4-6-8;/h2*1-15H;2-6,11-12H,1H3;. The zero-order chi connectivity index (χ0) is 35.7. The summed E-state index contributed by atoms with van der Waals surface area (Å²) in [5, 5.41) is 26.4. The molecule has 1 atom stereocenters. The van der Waals surface area contributed by atoms with Crippen LogP contribution in [0.2, 0.25) is 0 Å².